The normalized spacial score (nSPS) is 11.0. The lowest BCUT2D eigenvalue weighted by atomic mass is 10.2. The summed E-state index contributed by atoms with van der Waals surface area (Å²) in [7, 11) is 1.64. The number of ether oxygens (including phenoxy) is 1. The number of rotatable bonds is 8. The van der Waals surface area contributed by atoms with Crippen molar-refractivity contribution in [2.45, 2.75) is 13.5 Å². The number of benzene rings is 1. The molecule has 0 aliphatic carbocycles. The number of carbonyl (C=O) groups excluding carboxylic acids is 1. The van der Waals surface area contributed by atoms with Gasteiger partial charge in [-0.1, -0.05) is 30.3 Å². The Kier molecular flexibility index (Phi) is 8.63. The number of nitrogens with zero attached hydrogens (tertiary/aromatic N) is 1. The third kappa shape index (κ3) is 7.94. The van der Waals surface area contributed by atoms with Gasteiger partial charge in [0.25, 0.3) is 0 Å². The summed E-state index contributed by atoms with van der Waals surface area (Å²) >= 11 is 0. The van der Waals surface area contributed by atoms with Crippen LogP contribution in [0.4, 0.5) is 0 Å². The minimum Gasteiger partial charge on any atom is -0.383 e. The van der Waals surface area contributed by atoms with Crippen LogP contribution in [0.5, 0.6) is 0 Å². The van der Waals surface area contributed by atoms with Gasteiger partial charge in [-0.2, -0.15) is 0 Å². The van der Waals surface area contributed by atoms with E-state index >= 15 is 0 Å². The maximum Gasteiger partial charge on any atom is 0.242 e. The highest BCUT2D eigenvalue weighted by molar-refractivity contribution is 5.84. The summed E-state index contributed by atoms with van der Waals surface area (Å²) in [6, 6.07) is 9.79. The lowest BCUT2D eigenvalue weighted by molar-refractivity contribution is -0.119. The molecule has 0 aromatic heterocycles. The average molecular weight is 292 g/mol. The Balaban J connectivity index is 2.34. The molecular formula is C15H24N4O2. The average Bonchev–Trinajstić information content (AvgIpc) is 2.52. The molecule has 21 heavy (non-hydrogen) atoms. The van der Waals surface area contributed by atoms with E-state index in [1.165, 1.54) is 0 Å². The highest BCUT2D eigenvalue weighted by atomic mass is 16.5. The van der Waals surface area contributed by atoms with Gasteiger partial charge in [0.1, 0.15) is 6.54 Å². The third-order valence-electron chi connectivity index (χ3n) is 2.66. The fourth-order valence-electron chi connectivity index (χ4n) is 1.62. The van der Waals surface area contributed by atoms with Gasteiger partial charge in [-0.15, -0.1) is 0 Å². The first kappa shape index (κ1) is 17.0. The molecule has 3 N–H and O–H groups in total. The second-order valence-electron chi connectivity index (χ2n) is 4.38. The van der Waals surface area contributed by atoms with Crippen LogP contribution in [0.3, 0.4) is 0 Å². The van der Waals surface area contributed by atoms with Crippen molar-refractivity contribution in [2.24, 2.45) is 4.99 Å². The monoisotopic (exact) mass is 292 g/mol. The summed E-state index contributed by atoms with van der Waals surface area (Å²) in [6.07, 6.45) is 0. The van der Waals surface area contributed by atoms with Crippen LogP contribution in [0, 0.1) is 0 Å². The van der Waals surface area contributed by atoms with Gasteiger partial charge in [0.15, 0.2) is 5.96 Å². The molecule has 0 heterocycles. The molecule has 0 atom stereocenters. The van der Waals surface area contributed by atoms with Gasteiger partial charge < -0.3 is 20.7 Å². The standard InChI is InChI=1S/C15H24N4O2/c1-3-16-15(17-9-10-21-2)19-12-14(20)18-11-13-7-5-4-6-8-13/h4-8H,3,9-12H2,1-2H3,(H,18,20)(H2,16,17,19). The van der Waals surface area contributed by atoms with Crippen molar-refractivity contribution in [3.8, 4) is 0 Å². The Morgan fingerprint density at radius 3 is 2.62 bits per heavy atom. The summed E-state index contributed by atoms with van der Waals surface area (Å²) in [4.78, 5) is 16.0. The van der Waals surface area contributed by atoms with Gasteiger partial charge >= 0.3 is 0 Å². The molecule has 0 aliphatic heterocycles. The molecule has 0 radical (unpaired) electrons. The van der Waals surface area contributed by atoms with Gasteiger partial charge in [-0.3, -0.25) is 4.79 Å². The molecular weight excluding hydrogens is 268 g/mol. The largest absolute Gasteiger partial charge is 0.383 e. The minimum atomic E-state index is -0.109. The zero-order valence-corrected chi connectivity index (χ0v) is 12.7. The van der Waals surface area contributed by atoms with Crippen LogP contribution >= 0.6 is 0 Å². The molecule has 1 amide bonds. The molecule has 0 aliphatic rings. The molecule has 6 nitrogen and oxygen atoms in total. The topological polar surface area (TPSA) is 74.8 Å². The van der Waals surface area contributed by atoms with Crippen molar-refractivity contribution in [1.82, 2.24) is 16.0 Å². The van der Waals surface area contributed by atoms with Crippen LogP contribution in [0.1, 0.15) is 12.5 Å². The molecule has 0 fully saturated rings. The fourth-order valence-corrected chi connectivity index (χ4v) is 1.62. The van der Waals surface area contributed by atoms with E-state index in [2.05, 4.69) is 20.9 Å². The Bertz CT molecular complexity index is 435. The van der Waals surface area contributed by atoms with E-state index in [0.717, 1.165) is 12.1 Å². The fraction of sp³-hybridized carbons (Fsp3) is 0.467. The number of guanidine groups is 1. The van der Waals surface area contributed by atoms with E-state index in [1.807, 2.05) is 37.3 Å². The number of hydrogen-bond acceptors (Lipinski definition) is 3. The maximum atomic E-state index is 11.8. The highest BCUT2D eigenvalue weighted by Crippen LogP contribution is 1.96. The van der Waals surface area contributed by atoms with Crippen molar-refractivity contribution >= 4 is 11.9 Å². The first-order valence-corrected chi connectivity index (χ1v) is 7.08. The van der Waals surface area contributed by atoms with E-state index in [0.29, 0.717) is 25.7 Å². The van der Waals surface area contributed by atoms with Crippen LogP contribution in [-0.2, 0) is 16.1 Å². The Hall–Kier alpha value is -2.08. The first-order valence-electron chi connectivity index (χ1n) is 7.08. The van der Waals surface area contributed by atoms with Crippen molar-refractivity contribution in [3.05, 3.63) is 35.9 Å². The zero-order valence-electron chi connectivity index (χ0n) is 12.7. The predicted molar refractivity (Wildman–Crippen MR) is 84.1 cm³/mol. The summed E-state index contributed by atoms with van der Waals surface area (Å²) in [5.74, 6) is 0.507. The lowest BCUT2D eigenvalue weighted by Crippen LogP contribution is -2.39. The van der Waals surface area contributed by atoms with E-state index in [-0.39, 0.29) is 12.5 Å². The van der Waals surface area contributed by atoms with Crippen molar-refractivity contribution in [3.63, 3.8) is 0 Å². The number of amides is 1. The van der Waals surface area contributed by atoms with Gasteiger partial charge in [0.05, 0.1) is 6.61 Å². The van der Waals surface area contributed by atoms with Crippen molar-refractivity contribution in [2.75, 3.05) is 33.4 Å². The van der Waals surface area contributed by atoms with Crippen LogP contribution in [0.25, 0.3) is 0 Å². The Morgan fingerprint density at radius 2 is 1.95 bits per heavy atom. The summed E-state index contributed by atoms with van der Waals surface area (Å²) in [6.45, 7) is 4.56. The van der Waals surface area contributed by atoms with Gasteiger partial charge in [0, 0.05) is 26.7 Å². The predicted octanol–water partition coefficient (Wildman–Crippen LogP) is 0.504. The number of carbonyl (C=O) groups is 1. The molecule has 0 saturated heterocycles. The smallest absolute Gasteiger partial charge is 0.242 e. The SMILES string of the molecule is CCNC(=NCC(=O)NCc1ccccc1)NCCOC. The van der Waals surface area contributed by atoms with Crippen LogP contribution in [0.2, 0.25) is 0 Å². The third-order valence-corrected chi connectivity index (χ3v) is 2.66. The number of aliphatic imine (C=N–C) groups is 1. The van der Waals surface area contributed by atoms with Gasteiger partial charge in [0.2, 0.25) is 5.91 Å². The molecule has 0 spiro atoms. The van der Waals surface area contributed by atoms with Crippen molar-refractivity contribution in [1.29, 1.82) is 0 Å². The summed E-state index contributed by atoms with van der Waals surface area (Å²) in [5.41, 5.74) is 1.07. The van der Waals surface area contributed by atoms with Crippen LogP contribution < -0.4 is 16.0 Å². The second-order valence-corrected chi connectivity index (χ2v) is 4.38. The van der Waals surface area contributed by atoms with E-state index < -0.39 is 0 Å². The molecule has 116 valence electrons. The maximum absolute atomic E-state index is 11.8. The van der Waals surface area contributed by atoms with Gasteiger partial charge in [-0.25, -0.2) is 4.99 Å². The number of nitrogens with one attached hydrogen (secondary N) is 3. The summed E-state index contributed by atoms with van der Waals surface area (Å²) < 4.78 is 4.96. The zero-order chi connectivity index (χ0) is 15.3. The van der Waals surface area contributed by atoms with E-state index in [1.54, 1.807) is 7.11 Å². The second kappa shape index (κ2) is 10.7. The molecule has 6 heteroatoms. The molecule has 0 unspecified atom stereocenters. The quantitative estimate of drug-likeness (QED) is 0.371. The molecule has 1 aromatic carbocycles. The lowest BCUT2D eigenvalue weighted by Gasteiger charge is -2.10. The van der Waals surface area contributed by atoms with Gasteiger partial charge in [-0.05, 0) is 12.5 Å². The summed E-state index contributed by atoms with van der Waals surface area (Å²) in [5, 5.41) is 9.00. The molecule has 0 saturated carbocycles. The molecule has 1 rings (SSSR count). The van der Waals surface area contributed by atoms with Crippen LogP contribution in [0.15, 0.2) is 35.3 Å². The number of hydrogen-bond donors (Lipinski definition) is 3. The highest BCUT2D eigenvalue weighted by Gasteiger charge is 2.02. The minimum absolute atomic E-state index is 0.0924. The van der Waals surface area contributed by atoms with Crippen LogP contribution in [-0.4, -0.2) is 45.2 Å². The van der Waals surface area contributed by atoms with Crippen molar-refractivity contribution < 1.29 is 9.53 Å². The molecule has 0 bridgehead atoms. The number of methoxy groups -OCH3 is 1. The molecule has 1 aromatic rings. The van der Waals surface area contributed by atoms with E-state index in [9.17, 15) is 4.79 Å². The Labute approximate surface area is 126 Å². The first-order chi connectivity index (χ1) is 10.3. The van der Waals surface area contributed by atoms with E-state index in [4.69, 9.17) is 4.74 Å². The Morgan fingerprint density at radius 1 is 1.19 bits per heavy atom.